The smallest absolute Gasteiger partial charge is 0.321 e. The van der Waals surface area contributed by atoms with E-state index in [9.17, 15) is 9.59 Å². The van der Waals surface area contributed by atoms with Gasteiger partial charge >= 0.3 is 6.03 Å². The lowest BCUT2D eigenvalue weighted by molar-refractivity contribution is -0.113. The van der Waals surface area contributed by atoms with Gasteiger partial charge in [-0.25, -0.2) is 4.79 Å². The van der Waals surface area contributed by atoms with Gasteiger partial charge in [-0.05, 0) is 24.3 Å². The Labute approximate surface area is 105 Å². The molecule has 0 fully saturated rings. The van der Waals surface area contributed by atoms with Crippen molar-refractivity contribution in [1.29, 1.82) is 0 Å². The number of benzene rings is 1. The van der Waals surface area contributed by atoms with Gasteiger partial charge in [-0.1, -0.05) is 0 Å². The molecule has 0 bridgehead atoms. The predicted molar refractivity (Wildman–Crippen MR) is 68.7 cm³/mol. The lowest BCUT2D eigenvalue weighted by atomic mass is 10.2. The molecule has 6 heteroatoms. The molecule has 0 atom stereocenters. The summed E-state index contributed by atoms with van der Waals surface area (Å²) in [6.45, 7) is 0. The summed E-state index contributed by atoms with van der Waals surface area (Å²) >= 11 is 5.37. The molecule has 2 N–H and O–H groups in total. The van der Waals surface area contributed by atoms with E-state index in [4.69, 9.17) is 11.6 Å². The van der Waals surface area contributed by atoms with Crippen LogP contribution in [0.3, 0.4) is 0 Å². The monoisotopic (exact) mass is 255 g/mol. The Balaban J connectivity index is 2.74. The molecule has 0 unspecified atom stereocenters. The fraction of sp³-hybridized carbons (Fsp3) is 0.273. The Hall–Kier alpha value is -1.75. The highest BCUT2D eigenvalue weighted by Crippen LogP contribution is 2.16. The summed E-state index contributed by atoms with van der Waals surface area (Å²) < 4.78 is 0. The molecule has 0 aliphatic heterocycles. The standard InChI is InChI=1S/C11H14ClN3O2/c1-13-11(17)15(2)9-5-3-8(4-6-9)14-10(16)7-12/h3-6H,7H2,1-2H3,(H,13,17)(H,14,16). The van der Waals surface area contributed by atoms with Crippen LogP contribution >= 0.6 is 11.6 Å². The number of anilines is 2. The first-order chi connectivity index (χ1) is 8.08. The lowest BCUT2D eigenvalue weighted by Gasteiger charge is -2.16. The summed E-state index contributed by atoms with van der Waals surface area (Å²) in [4.78, 5) is 23.9. The predicted octanol–water partition coefficient (Wildman–Crippen LogP) is 1.64. The first-order valence-corrected chi connectivity index (χ1v) is 5.53. The third-order valence-corrected chi connectivity index (χ3v) is 2.42. The van der Waals surface area contributed by atoms with Crippen LogP contribution in [0.15, 0.2) is 24.3 Å². The molecule has 17 heavy (non-hydrogen) atoms. The second-order valence-corrected chi connectivity index (χ2v) is 3.61. The van der Waals surface area contributed by atoms with Crippen LogP contribution in [0, 0.1) is 0 Å². The van der Waals surface area contributed by atoms with Gasteiger partial charge < -0.3 is 10.6 Å². The molecule has 0 aliphatic rings. The van der Waals surface area contributed by atoms with Gasteiger partial charge in [0.2, 0.25) is 5.91 Å². The summed E-state index contributed by atoms with van der Waals surface area (Å²) in [7, 11) is 3.22. The van der Waals surface area contributed by atoms with Crippen molar-refractivity contribution in [2.75, 3.05) is 30.2 Å². The van der Waals surface area contributed by atoms with Crippen molar-refractivity contribution in [3.8, 4) is 0 Å². The van der Waals surface area contributed by atoms with Gasteiger partial charge in [0.1, 0.15) is 5.88 Å². The molecule has 1 aromatic carbocycles. The third kappa shape index (κ3) is 3.64. The molecule has 5 nitrogen and oxygen atoms in total. The molecular formula is C11H14ClN3O2. The second-order valence-electron chi connectivity index (χ2n) is 3.34. The van der Waals surface area contributed by atoms with E-state index in [1.165, 1.54) is 4.90 Å². The number of hydrogen-bond donors (Lipinski definition) is 2. The quantitative estimate of drug-likeness (QED) is 0.807. The number of amides is 3. The number of nitrogens with one attached hydrogen (secondary N) is 2. The van der Waals surface area contributed by atoms with E-state index < -0.39 is 0 Å². The van der Waals surface area contributed by atoms with Crippen molar-refractivity contribution in [2.24, 2.45) is 0 Å². The van der Waals surface area contributed by atoms with Crippen molar-refractivity contribution in [3.05, 3.63) is 24.3 Å². The van der Waals surface area contributed by atoms with Crippen molar-refractivity contribution in [2.45, 2.75) is 0 Å². The summed E-state index contributed by atoms with van der Waals surface area (Å²) in [6.07, 6.45) is 0. The highest BCUT2D eigenvalue weighted by Gasteiger charge is 2.08. The summed E-state index contributed by atoms with van der Waals surface area (Å²) in [6, 6.07) is 6.68. The Morgan fingerprint density at radius 1 is 1.29 bits per heavy atom. The number of carbonyl (C=O) groups is 2. The summed E-state index contributed by atoms with van der Waals surface area (Å²) in [5.41, 5.74) is 1.37. The van der Waals surface area contributed by atoms with Crippen molar-refractivity contribution in [1.82, 2.24) is 5.32 Å². The maximum Gasteiger partial charge on any atom is 0.321 e. The van der Waals surface area contributed by atoms with Gasteiger partial charge in [-0.2, -0.15) is 0 Å². The average Bonchev–Trinajstić information content (AvgIpc) is 2.37. The molecule has 0 saturated carbocycles. The Morgan fingerprint density at radius 2 is 1.88 bits per heavy atom. The zero-order chi connectivity index (χ0) is 12.8. The average molecular weight is 256 g/mol. The Morgan fingerprint density at radius 3 is 2.35 bits per heavy atom. The number of rotatable bonds is 3. The number of halogens is 1. The zero-order valence-electron chi connectivity index (χ0n) is 9.66. The molecule has 0 aromatic heterocycles. The Bertz CT molecular complexity index is 406. The minimum absolute atomic E-state index is 0.0834. The van der Waals surface area contributed by atoms with Gasteiger partial charge in [0.25, 0.3) is 0 Å². The first kappa shape index (κ1) is 13.3. The number of urea groups is 1. The van der Waals surface area contributed by atoms with Crippen LogP contribution in [0.1, 0.15) is 0 Å². The number of carbonyl (C=O) groups excluding carboxylic acids is 2. The molecule has 0 saturated heterocycles. The van der Waals surface area contributed by atoms with Crippen LogP contribution < -0.4 is 15.5 Å². The molecule has 1 aromatic rings. The SMILES string of the molecule is CNC(=O)N(C)c1ccc(NC(=O)CCl)cc1. The molecule has 0 radical (unpaired) electrons. The van der Waals surface area contributed by atoms with Crippen LogP contribution in [-0.4, -0.2) is 31.9 Å². The highest BCUT2D eigenvalue weighted by atomic mass is 35.5. The van der Waals surface area contributed by atoms with E-state index in [0.29, 0.717) is 5.69 Å². The van der Waals surface area contributed by atoms with E-state index >= 15 is 0 Å². The molecule has 1 rings (SSSR count). The minimum atomic E-state index is -0.265. The van der Waals surface area contributed by atoms with Crippen LogP contribution in [-0.2, 0) is 4.79 Å². The van der Waals surface area contributed by atoms with Crippen molar-refractivity contribution in [3.63, 3.8) is 0 Å². The van der Waals surface area contributed by atoms with Gasteiger partial charge in [0.05, 0.1) is 0 Å². The summed E-state index contributed by atoms with van der Waals surface area (Å²) in [5, 5.41) is 5.13. The number of nitrogens with zero attached hydrogens (tertiary/aromatic N) is 1. The fourth-order valence-electron chi connectivity index (χ4n) is 1.25. The first-order valence-electron chi connectivity index (χ1n) is 4.99. The third-order valence-electron chi connectivity index (χ3n) is 2.18. The molecular weight excluding hydrogens is 242 g/mol. The molecule has 0 spiro atoms. The minimum Gasteiger partial charge on any atom is -0.341 e. The van der Waals surface area contributed by atoms with E-state index in [1.54, 1.807) is 38.4 Å². The maximum absolute atomic E-state index is 11.3. The van der Waals surface area contributed by atoms with Crippen LogP contribution in [0.2, 0.25) is 0 Å². The van der Waals surface area contributed by atoms with Gasteiger partial charge in [-0.15, -0.1) is 11.6 Å². The van der Waals surface area contributed by atoms with Crippen LogP contribution in [0.4, 0.5) is 16.2 Å². The highest BCUT2D eigenvalue weighted by molar-refractivity contribution is 6.29. The van der Waals surface area contributed by atoms with E-state index in [1.807, 2.05) is 0 Å². The van der Waals surface area contributed by atoms with E-state index in [0.717, 1.165) is 5.69 Å². The van der Waals surface area contributed by atoms with Crippen molar-refractivity contribution >= 4 is 34.9 Å². The van der Waals surface area contributed by atoms with Crippen molar-refractivity contribution < 1.29 is 9.59 Å². The largest absolute Gasteiger partial charge is 0.341 e. The van der Waals surface area contributed by atoms with Gasteiger partial charge in [0, 0.05) is 25.5 Å². The molecule has 92 valence electrons. The topological polar surface area (TPSA) is 61.4 Å². The molecule has 0 aliphatic carbocycles. The Kier molecular flexibility index (Phi) is 4.78. The van der Waals surface area contributed by atoms with Crippen LogP contribution in [0.25, 0.3) is 0 Å². The zero-order valence-corrected chi connectivity index (χ0v) is 10.4. The van der Waals surface area contributed by atoms with E-state index in [-0.39, 0.29) is 17.8 Å². The fourth-order valence-corrected chi connectivity index (χ4v) is 1.31. The van der Waals surface area contributed by atoms with Crippen LogP contribution in [0.5, 0.6) is 0 Å². The number of alkyl halides is 1. The van der Waals surface area contributed by atoms with E-state index in [2.05, 4.69) is 10.6 Å². The summed E-state index contributed by atoms with van der Waals surface area (Å²) in [5.74, 6) is -0.348. The second kappa shape index (κ2) is 6.10. The van der Waals surface area contributed by atoms with Gasteiger partial charge in [0.15, 0.2) is 0 Å². The maximum atomic E-state index is 11.3. The number of hydrogen-bond acceptors (Lipinski definition) is 2. The van der Waals surface area contributed by atoms with Gasteiger partial charge in [-0.3, -0.25) is 9.69 Å². The molecule has 0 heterocycles. The normalized spacial score (nSPS) is 9.59. The molecule has 3 amide bonds. The lowest BCUT2D eigenvalue weighted by Crippen LogP contribution is -2.34.